The molecule has 1 amide bonds. The number of aliphatic imine (C=N–C) groups is 1. The van der Waals surface area contributed by atoms with E-state index in [0.717, 1.165) is 50.5 Å². The zero-order chi connectivity index (χ0) is 22.4. The molecule has 6 nitrogen and oxygen atoms in total. The highest BCUT2D eigenvalue weighted by Gasteiger charge is 2.09. The molecule has 1 rings (SSSR count). The van der Waals surface area contributed by atoms with Crippen molar-refractivity contribution in [2.45, 2.75) is 79.4 Å². The smallest absolute Gasteiger partial charge is 0.251 e. The Kier molecular flexibility index (Phi) is 12.8. The molecule has 2 atom stereocenters. The van der Waals surface area contributed by atoms with Crippen LogP contribution in [-0.2, 0) is 6.54 Å². The molecule has 0 bridgehead atoms. The first-order valence-electron chi connectivity index (χ1n) is 11.6. The number of amides is 1. The van der Waals surface area contributed by atoms with Gasteiger partial charge in [-0.25, -0.2) is 4.99 Å². The third-order valence-corrected chi connectivity index (χ3v) is 5.36. The lowest BCUT2D eigenvalue weighted by atomic mass is 10.1. The molecule has 0 fully saturated rings. The average molecular weight is 418 g/mol. The van der Waals surface area contributed by atoms with E-state index in [0.29, 0.717) is 18.2 Å². The molecule has 0 heterocycles. The van der Waals surface area contributed by atoms with Crippen LogP contribution in [0, 0.1) is 0 Å². The maximum Gasteiger partial charge on any atom is 0.251 e. The fourth-order valence-electron chi connectivity index (χ4n) is 3.13. The molecule has 6 heteroatoms. The summed E-state index contributed by atoms with van der Waals surface area (Å²) in [4.78, 5) is 19.4. The second-order valence-corrected chi connectivity index (χ2v) is 7.89. The van der Waals surface area contributed by atoms with Gasteiger partial charge in [0.25, 0.3) is 5.91 Å². The summed E-state index contributed by atoms with van der Waals surface area (Å²) >= 11 is 0. The number of nitrogens with one attached hydrogen (secondary N) is 3. The zero-order valence-electron chi connectivity index (χ0n) is 19.9. The minimum atomic E-state index is -0.0204. The minimum Gasteiger partial charge on any atom is -0.357 e. The summed E-state index contributed by atoms with van der Waals surface area (Å²) in [5.41, 5.74) is 1.77. The van der Waals surface area contributed by atoms with Crippen molar-refractivity contribution >= 4 is 11.9 Å². The van der Waals surface area contributed by atoms with E-state index in [1.165, 1.54) is 6.42 Å². The van der Waals surface area contributed by atoms with Gasteiger partial charge in [-0.1, -0.05) is 32.9 Å². The largest absolute Gasteiger partial charge is 0.357 e. The molecule has 0 radical (unpaired) electrons. The van der Waals surface area contributed by atoms with Crippen LogP contribution >= 0.6 is 0 Å². The van der Waals surface area contributed by atoms with Crippen molar-refractivity contribution in [3.63, 3.8) is 0 Å². The number of rotatable bonds is 13. The van der Waals surface area contributed by atoms with Gasteiger partial charge in [0, 0.05) is 24.2 Å². The number of nitrogens with zero attached hydrogens (tertiary/aromatic N) is 2. The number of benzene rings is 1. The van der Waals surface area contributed by atoms with E-state index >= 15 is 0 Å². The molecule has 170 valence electrons. The Bertz CT molecular complexity index is 625. The van der Waals surface area contributed by atoms with Crippen LogP contribution in [0.3, 0.4) is 0 Å². The van der Waals surface area contributed by atoms with E-state index in [9.17, 15) is 4.79 Å². The average Bonchev–Trinajstić information content (AvgIpc) is 2.75. The third-order valence-electron chi connectivity index (χ3n) is 5.36. The lowest BCUT2D eigenvalue weighted by Crippen LogP contribution is -2.42. The van der Waals surface area contributed by atoms with E-state index in [-0.39, 0.29) is 11.9 Å². The van der Waals surface area contributed by atoms with Crippen molar-refractivity contribution in [1.82, 2.24) is 20.9 Å². The maximum atomic E-state index is 12.2. The Morgan fingerprint density at radius 1 is 1.00 bits per heavy atom. The van der Waals surface area contributed by atoms with Crippen LogP contribution in [0.5, 0.6) is 0 Å². The molecule has 30 heavy (non-hydrogen) atoms. The summed E-state index contributed by atoms with van der Waals surface area (Å²) < 4.78 is 0. The van der Waals surface area contributed by atoms with Crippen molar-refractivity contribution < 1.29 is 4.79 Å². The second kappa shape index (κ2) is 14.8. The molecule has 0 aliphatic carbocycles. The van der Waals surface area contributed by atoms with E-state index < -0.39 is 0 Å². The summed E-state index contributed by atoms with van der Waals surface area (Å²) in [7, 11) is 0. The highest BCUT2D eigenvalue weighted by Crippen LogP contribution is 2.07. The van der Waals surface area contributed by atoms with Gasteiger partial charge in [-0.3, -0.25) is 4.79 Å². The number of carbonyl (C=O) groups excluding carboxylic acids is 1. The van der Waals surface area contributed by atoms with Gasteiger partial charge in [-0.2, -0.15) is 0 Å². The number of guanidine groups is 1. The molecule has 0 aliphatic heterocycles. The van der Waals surface area contributed by atoms with E-state index in [4.69, 9.17) is 4.99 Å². The van der Waals surface area contributed by atoms with Crippen molar-refractivity contribution in [2.24, 2.45) is 4.99 Å². The van der Waals surface area contributed by atoms with Gasteiger partial charge in [0.2, 0.25) is 0 Å². The van der Waals surface area contributed by atoms with Crippen LogP contribution < -0.4 is 16.0 Å². The molecular formula is C24H43N5O. The van der Waals surface area contributed by atoms with Crippen LogP contribution in [0.25, 0.3) is 0 Å². The summed E-state index contributed by atoms with van der Waals surface area (Å²) in [6.45, 7) is 17.6. The van der Waals surface area contributed by atoms with Crippen molar-refractivity contribution in [2.75, 3.05) is 26.2 Å². The Morgan fingerprint density at radius 3 is 2.23 bits per heavy atom. The van der Waals surface area contributed by atoms with Gasteiger partial charge in [0.1, 0.15) is 0 Å². The van der Waals surface area contributed by atoms with Crippen molar-refractivity contribution in [3.05, 3.63) is 35.4 Å². The monoisotopic (exact) mass is 417 g/mol. The quantitative estimate of drug-likeness (QED) is 0.337. The van der Waals surface area contributed by atoms with Crippen LogP contribution in [0.2, 0.25) is 0 Å². The lowest BCUT2D eigenvalue weighted by Gasteiger charge is -2.21. The molecule has 3 N–H and O–H groups in total. The lowest BCUT2D eigenvalue weighted by molar-refractivity contribution is 0.0939. The number of hydrogen-bond donors (Lipinski definition) is 3. The predicted molar refractivity (Wildman–Crippen MR) is 128 cm³/mol. The van der Waals surface area contributed by atoms with E-state index in [1.807, 2.05) is 31.2 Å². The van der Waals surface area contributed by atoms with Gasteiger partial charge in [-0.05, 0) is 77.4 Å². The zero-order valence-corrected chi connectivity index (χ0v) is 19.9. The Hall–Kier alpha value is -2.08. The molecule has 2 unspecified atom stereocenters. The fraction of sp³-hybridized carbons (Fsp3) is 0.667. The molecule has 0 aliphatic rings. The van der Waals surface area contributed by atoms with Gasteiger partial charge in [0.05, 0.1) is 6.54 Å². The van der Waals surface area contributed by atoms with Crippen molar-refractivity contribution in [3.8, 4) is 0 Å². The minimum absolute atomic E-state index is 0.0204. The summed E-state index contributed by atoms with van der Waals surface area (Å²) in [5.74, 6) is 0.819. The van der Waals surface area contributed by atoms with Gasteiger partial charge in [0.15, 0.2) is 5.96 Å². The highest BCUT2D eigenvalue weighted by molar-refractivity contribution is 5.94. The molecule has 1 aromatic rings. The fourth-order valence-corrected chi connectivity index (χ4v) is 3.13. The van der Waals surface area contributed by atoms with Crippen LogP contribution in [0.15, 0.2) is 29.3 Å². The molecule has 1 aromatic carbocycles. The Balaban J connectivity index is 2.57. The molecule has 0 aromatic heterocycles. The SMILES string of the molecule is CCNC(=NCc1ccc(C(=O)NC(C)CC)cc1)NC(C)CCCN(CC)CC. The first kappa shape index (κ1) is 26.0. The first-order valence-corrected chi connectivity index (χ1v) is 11.6. The van der Waals surface area contributed by atoms with E-state index in [2.05, 4.69) is 55.5 Å². The van der Waals surface area contributed by atoms with Crippen LogP contribution in [0.4, 0.5) is 0 Å². The predicted octanol–water partition coefficient (Wildman–Crippen LogP) is 3.78. The molecule has 0 saturated heterocycles. The van der Waals surface area contributed by atoms with E-state index in [1.54, 1.807) is 0 Å². The Labute approximate surface area is 183 Å². The normalized spacial score (nSPS) is 13.8. The second-order valence-electron chi connectivity index (χ2n) is 7.89. The first-order chi connectivity index (χ1) is 14.4. The summed E-state index contributed by atoms with van der Waals surface area (Å²) in [5, 5.41) is 9.83. The summed E-state index contributed by atoms with van der Waals surface area (Å²) in [6.07, 6.45) is 3.21. The van der Waals surface area contributed by atoms with Gasteiger partial charge >= 0.3 is 0 Å². The van der Waals surface area contributed by atoms with Crippen molar-refractivity contribution in [1.29, 1.82) is 0 Å². The molecule has 0 saturated carbocycles. The Morgan fingerprint density at radius 2 is 1.67 bits per heavy atom. The number of hydrogen-bond acceptors (Lipinski definition) is 3. The standard InChI is InChI=1S/C24H43N5O/c1-7-19(5)27-23(30)22-15-13-21(14-16-22)18-26-24(25-8-2)28-20(6)12-11-17-29(9-3)10-4/h13-16,19-20H,7-12,17-18H2,1-6H3,(H,27,30)(H2,25,26,28). The van der Waals surface area contributed by atoms with Crippen LogP contribution in [0.1, 0.15) is 76.7 Å². The molecular weight excluding hydrogens is 374 g/mol. The topological polar surface area (TPSA) is 68.8 Å². The van der Waals surface area contributed by atoms with Gasteiger partial charge in [-0.15, -0.1) is 0 Å². The van der Waals surface area contributed by atoms with Crippen LogP contribution in [-0.4, -0.2) is 55.0 Å². The molecule has 0 spiro atoms. The highest BCUT2D eigenvalue weighted by atomic mass is 16.1. The maximum absolute atomic E-state index is 12.2. The number of carbonyl (C=O) groups is 1. The van der Waals surface area contributed by atoms with Gasteiger partial charge < -0.3 is 20.9 Å². The summed E-state index contributed by atoms with van der Waals surface area (Å²) in [6, 6.07) is 8.25. The third kappa shape index (κ3) is 10.1.